The minimum Gasteiger partial charge on any atom is -0.372 e. The summed E-state index contributed by atoms with van der Waals surface area (Å²) in [6, 6.07) is 5.64. The molecule has 3 heterocycles. The SMILES string of the molecule is CNc1ccc(C[C@H]2CCCN(C(=O)c3ccn[nH]3)C2)nn1. The molecule has 1 amide bonds. The maximum Gasteiger partial charge on any atom is 0.271 e. The fourth-order valence-electron chi connectivity index (χ4n) is 2.86. The van der Waals surface area contributed by atoms with Gasteiger partial charge in [0.15, 0.2) is 0 Å². The number of amides is 1. The first-order valence-corrected chi connectivity index (χ1v) is 7.55. The second-order valence-corrected chi connectivity index (χ2v) is 5.59. The molecule has 7 nitrogen and oxygen atoms in total. The predicted molar refractivity (Wildman–Crippen MR) is 82.5 cm³/mol. The number of nitrogens with one attached hydrogen (secondary N) is 2. The summed E-state index contributed by atoms with van der Waals surface area (Å²) in [5.74, 6) is 1.22. The number of hydrogen-bond acceptors (Lipinski definition) is 5. The summed E-state index contributed by atoms with van der Waals surface area (Å²) < 4.78 is 0. The molecule has 3 rings (SSSR count). The summed E-state index contributed by atoms with van der Waals surface area (Å²) in [7, 11) is 1.82. The van der Waals surface area contributed by atoms with Crippen LogP contribution in [-0.2, 0) is 6.42 Å². The normalized spacial score (nSPS) is 18.2. The van der Waals surface area contributed by atoms with E-state index >= 15 is 0 Å². The fraction of sp³-hybridized carbons (Fsp3) is 0.467. The molecule has 22 heavy (non-hydrogen) atoms. The zero-order chi connectivity index (χ0) is 15.4. The Kier molecular flexibility index (Phi) is 4.32. The molecule has 0 unspecified atom stereocenters. The van der Waals surface area contributed by atoms with Gasteiger partial charge in [-0.3, -0.25) is 9.89 Å². The number of aromatic amines is 1. The van der Waals surface area contributed by atoms with Crippen LogP contribution in [0.15, 0.2) is 24.4 Å². The van der Waals surface area contributed by atoms with Gasteiger partial charge in [0.25, 0.3) is 5.91 Å². The third-order valence-electron chi connectivity index (χ3n) is 4.01. The molecule has 1 saturated heterocycles. The van der Waals surface area contributed by atoms with Crippen LogP contribution in [0.3, 0.4) is 0 Å². The number of hydrogen-bond donors (Lipinski definition) is 2. The van der Waals surface area contributed by atoms with E-state index in [4.69, 9.17) is 0 Å². The maximum atomic E-state index is 12.4. The number of carbonyl (C=O) groups is 1. The Morgan fingerprint density at radius 3 is 3.00 bits per heavy atom. The molecule has 2 aromatic rings. The first-order chi connectivity index (χ1) is 10.8. The van der Waals surface area contributed by atoms with Gasteiger partial charge in [-0.15, -0.1) is 5.10 Å². The van der Waals surface area contributed by atoms with Crippen molar-refractivity contribution >= 4 is 11.7 Å². The van der Waals surface area contributed by atoms with Crippen molar-refractivity contribution in [1.82, 2.24) is 25.3 Å². The topological polar surface area (TPSA) is 86.8 Å². The molecule has 1 fully saturated rings. The van der Waals surface area contributed by atoms with Crippen molar-refractivity contribution in [3.8, 4) is 0 Å². The molecule has 0 radical (unpaired) electrons. The lowest BCUT2D eigenvalue weighted by Gasteiger charge is -2.32. The molecule has 2 aromatic heterocycles. The van der Waals surface area contributed by atoms with Crippen molar-refractivity contribution in [3.05, 3.63) is 35.8 Å². The lowest BCUT2D eigenvalue weighted by atomic mass is 9.93. The van der Waals surface area contributed by atoms with E-state index in [0.29, 0.717) is 11.6 Å². The third kappa shape index (κ3) is 3.24. The van der Waals surface area contributed by atoms with Gasteiger partial charge in [0, 0.05) is 26.3 Å². The highest BCUT2D eigenvalue weighted by molar-refractivity contribution is 5.92. The molecule has 1 aliphatic rings. The van der Waals surface area contributed by atoms with E-state index < -0.39 is 0 Å². The monoisotopic (exact) mass is 300 g/mol. The third-order valence-corrected chi connectivity index (χ3v) is 4.01. The summed E-state index contributed by atoms with van der Waals surface area (Å²) in [5, 5.41) is 17.9. The minimum atomic E-state index is 0.0267. The molecular formula is C15H20N6O. The Morgan fingerprint density at radius 1 is 1.41 bits per heavy atom. The van der Waals surface area contributed by atoms with Gasteiger partial charge in [-0.2, -0.15) is 10.2 Å². The number of piperidine rings is 1. The van der Waals surface area contributed by atoms with Crippen molar-refractivity contribution in [2.45, 2.75) is 19.3 Å². The van der Waals surface area contributed by atoms with Crippen molar-refractivity contribution < 1.29 is 4.79 Å². The van der Waals surface area contributed by atoms with Gasteiger partial charge in [0.2, 0.25) is 0 Å². The van der Waals surface area contributed by atoms with Crippen LogP contribution in [0.25, 0.3) is 0 Å². The van der Waals surface area contributed by atoms with E-state index in [1.54, 1.807) is 12.3 Å². The highest BCUT2D eigenvalue weighted by Gasteiger charge is 2.25. The molecule has 0 saturated carbocycles. The molecular weight excluding hydrogens is 280 g/mol. The smallest absolute Gasteiger partial charge is 0.271 e. The van der Waals surface area contributed by atoms with Crippen LogP contribution >= 0.6 is 0 Å². The summed E-state index contributed by atoms with van der Waals surface area (Å²) in [5.41, 5.74) is 1.53. The number of rotatable bonds is 4. The van der Waals surface area contributed by atoms with Crippen LogP contribution < -0.4 is 5.32 Å². The van der Waals surface area contributed by atoms with E-state index in [1.165, 1.54) is 0 Å². The molecule has 0 bridgehead atoms. The van der Waals surface area contributed by atoms with E-state index in [-0.39, 0.29) is 5.91 Å². The van der Waals surface area contributed by atoms with Gasteiger partial charge in [-0.25, -0.2) is 0 Å². The van der Waals surface area contributed by atoms with E-state index in [2.05, 4.69) is 25.7 Å². The quantitative estimate of drug-likeness (QED) is 0.889. The van der Waals surface area contributed by atoms with Crippen LogP contribution in [0, 0.1) is 5.92 Å². The number of carbonyl (C=O) groups excluding carboxylic acids is 1. The number of likely N-dealkylation sites (tertiary alicyclic amines) is 1. The molecule has 1 atom stereocenters. The summed E-state index contributed by atoms with van der Waals surface area (Å²) in [6.07, 6.45) is 4.59. The standard InChI is InChI=1S/C15H20N6O/c1-16-14-5-4-12(18-20-14)9-11-3-2-8-21(10-11)15(22)13-6-7-17-19-13/h4-7,11H,2-3,8-10H2,1H3,(H,16,20)(H,17,19)/t11-/m1/s1. The Hall–Kier alpha value is -2.44. The van der Waals surface area contributed by atoms with Gasteiger partial charge in [0.1, 0.15) is 11.5 Å². The van der Waals surface area contributed by atoms with E-state index in [0.717, 1.165) is 43.9 Å². The zero-order valence-electron chi connectivity index (χ0n) is 12.6. The minimum absolute atomic E-state index is 0.0267. The predicted octanol–water partition coefficient (Wildman–Crippen LogP) is 1.34. The van der Waals surface area contributed by atoms with Crippen molar-refractivity contribution in [3.63, 3.8) is 0 Å². The van der Waals surface area contributed by atoms with Gasteiger partial charge in [0.05, 0.1) is 5.69 Å². The average Bonchev–Trinajstić information content (AvgIpc) is 3.09. The van der Waals surface area contributed by atoms with Crippen LogP contribution in [0.5, 0.6) is 0 Å². The van der Waals surface area contributed by atoms with Crippen molar-refractivity contribution in [1.29, 1.82) is 0 Å². The second kappa shape index (κ2) is 6.55. The molecule has 0 aliphatic carbocycles. The lowest BCUT2D eigenvalue weighted by molar-refractivity contribution is 0.0666. The molecule has 7 heteroatoms. The fourth-order valence-corrected chi connectivity index (χ4v) is 2.86. The first kappa shape index (κ1) is 14.5. The lowest BCUT2D eigenvalue weighted by Crippen LogP contribution is -2.40. The Morgan fingerprint density at radius 2 is 2.32 bits per heavy atom. The molecule has 2 N–H and O–H groups in total. The molecule has 0 spiro atoms. The Balaban J connectivity index is 1.61. The summed E-state index contributed by atoms with van der Waals surface area (Å²) in [6.45, 7) is 1.56. The molecule has 116 valence electrons. The highest BCUT2D eigenvalue weighted by Crippen LogP contribution is 2.21. The van der Waals surface area contributed by atoms with Gasteiger partial charge in [-0.1, -0.05) is 0 Å². The number of nitrogens with zero attached hydrogens (tertiary/aromatic N) is 4. The average molecular weight is 300 g/mol. The van der Waals surface area contributed by atoms with Crippen LogP contribution in [0.2, 0.25) is 0 Å². The summed E-state index contributed by atoms with van der Waals surface area (Å²) in [4.78, 5) is 14.3. The largest absolute Gasteiger partial charge is 0.372 e. The maximum absolute atomic E-state index is 12.4. The van der Waals surface area contributed by atoms with Gasteiger partial charge >= 0.3 is 0 Å². The highest BCUT2D eigenvalue weighted by atomic mass is 16.2. The van der Waals surface area contributed by atoms with E-state index in [9.17, 15) is 4.79 Å². The Bertz CT molecular complexity index is 609. The van der Waals surface area contributed by atoms with Crippen molar-refractivity contribution in [2.75, 3.05) is 25.5 Å². The second-order valence-electron chi connectivity index (χ2n) is 5.59. The van der Waals surface area contributed by atoms with Gasteiger partial charge in [-0.05, 0) is 43.4 Å². The van der Waals surface area contributed by atoms with Crippen LogP contribution in [0.1, 0.15) is 29.0 Å². The number of aromatic nitrogens is 4. The number of anilines is 1. The number of H-pyrrole nitrogens is 1. The van der Waals surface area contributed by atoms with Crippen LogP contribution in [-0.4, -0.2) is 51.3 Å². The first-order valence-electron chi connectivity index (χ1n) is 7.55. The van der Waals surface area contributed by atoms with Crippen molar-refractivity contribution in [2.24, 2.45) is 5.92 Å². The Labute approximate surface area is 129 Å². The van der Waals surface area contributed by atoms with Crippen LogP contribution in [0.4, 0.5) is 5.82 Å². The zero-order valence-corrected chi connectivity index (χ0v) is 12.6. The summed E-state index contributed by atoms with van der Waals surface area (Å²) >= 11 is 0. The molecule has 1 aliphatic heterocycles. The molecule has 0 aromatic carbocycles. The van der Waals surface area contributed by atoms with Gasteiger partial charge < -0.3 is 10.2 Å². The van der Waals surface area contributed by atoms with E-state index in [1.807, 2.05) is 24.1 Å².